The smallest absolute Gasteiger partial charge is 0.128 e. The van der Waals surface area contributed by atoms with Crippen molar-refractivity contribution in [3.05, 3.63) is 53.1 Å². The first-order chi connectivity index (χ1) is 15.6. The molecule has 0 amide bonds. The van der Waals surface area contributed by atoms with Crippen LogP contribution in [0.1, 0.15) is 42.1 Å². The number of ether oxygens (including phenoxy) is 5. The monoisotopic (exact) mass is 444 g/mol. The Labute approximate surface area is 188 Å². The minimum Gasteiger partial charge on any atom is -0.496 e. The highest BCUT2D eigenvalue weighted by atomic mass is 16.5. The summed E-state index contributed by atoms with van der Waals surface area (Å²) in [5, 5.41) is 19.8. The Morgan fingerprint density at radius 2 is 1.81 bits per heavy atom. The molecule has 2 aromatic rings. The molecule has 0 aliphatic carbocycles. The molecule has 4 rings (SSSR count). The second-order valence-corrected chi connectivity index (χ2v) is 8.38. The summed E-state index contributed by atoms with van der Waals surface area (Å²) in [6, 6.07) is 12.0. The summed E-state index contributed by atoms with van der Waals surface area (Å²) in [6.45, 7) is 1.27. The van der Waals surface area contributed by atoms with Gasteiger partial charge in [-0.15, -0.1) is 0 Å². The fraction of sp³-hybridized carbons (Fsp3) is 0.520. The number of aliphatic hydroxyl groups is 2. The molecule has 0 radical (unpaired) electrons. The Kier molecular flexibility index (Phi) is 7.52. The van der Waals surface area contributed by atoms with Gasteiger partial charge in [0.15, 0.2) is 0 Å². The third kappa shape index (κ3) is 5.35. The van der Waals surface area contributed by atoms with Crippen LogP contribution in [0.3, 0.4) is 0 Å². The van der Waals surface area contributed by atoms with Crippen LogP contribution in [0.25, 0.3) is 0 Å². The van der Waals surface area contributed by atoms with Crippen LogP contribution in [0.5, 0.6) is 17.2 Å². The molecular weight excluding hydrogens is 412 g/mol. The summed E-state index contributed by atoms with van der Waals surface area (Å²) in [5.41, 5.74) is 2.96. The molecule has 32 heavy (non-hydrogen) atoms. The normalized spacial score (nSPS) is 25.5. The molecule has 2 heterocycles. The Morgan fingerprint density at radius 1 is 1.03 bits per heavy atom. The maximum atomic E-state index is 10.3. The van der Waals surface area contributed by atoms with Crippen molar-refractivity contribution in [2.45, 2.75) is 50.1 Å². The van der Waals surface area contributed by atoms with Gasteiger partial charge >= 0.3 is 0 Å². The van der Waals surface area contributed by atoms with E-state index in [0.717, 1.165) is 41.2 Å². The standard InChI is InChI=1S/C25H32O7/c1-28-23-13-24(29-2)22(25-12-18(27)11-21(14-26)32-25)10-17(23)9-16-3-5-19(6-4-16)31-20-7-8-30-15-20/h3-6,10,13,18,20-21,25-27H,7-9,11-12,14-15H2,1-2H3. The summed E-state index contributed by atoms with van der Waals surface area (Å²) < 4.78 is 28.6. The summed E-state index contributed by atoms with van der Waals surface area (Å²) in [4.78, 5) is 0. The number of aliphatic hydroxyl groups excluding tert-OH is 2. The molecule has 2 aromatic carbocycles. The van der Waals surface area contributed by atoms with E-state index in [0.29, 0.717) is 31.6 Å². The van der Waals surface area contributed by atoms with E-state index in [2.05, 4.69) is 12.1 Å². The number of benzene rings is 2. The molecule has 4 unspecified atom stereocenters. The summed E-state index contributed by atoms with van der Waals surface area (Å²) in [5.74, 6) is 2.21. The zero-order chi connectivity index (χ0) is 22.5. The van der Waals surface area contributed by atoms with Gasteiger partial charge in [-0.2, -0.15) is 0 Å². The van der Waals surface area contributed by atoms with E-state index >= 15 is 0 Å². The third-order valence-corrected chi connectivity index (χ3v) is 6.07. The lowest BCUT2D eigenvalue weighted by molar-refractivity contribution is -0.114. The van der Waals surface area contributed by atoms with Gasteiger partial charge in [-0.3, -0.25) is 0 Å². The SMILES string of the molecule is COc1cc(OC)c(C2CC(O)CC(CO)O2)cc1Cc1ccc(OC2CCOC2)cc1. The highest BCUT2D eigenvalue weighted by Crippen LogP contribution is 2.40. The summed E-state index contributed by atoms with van der Waals surface area (Å²) in [6.07, 6.45) is 1.30. The van der Waals surface area contributed by atoms with Gasteiger partial charge in [0.05, 0.1) is 52.4 Å². The molecule has 2 N–H and O–H groups in total. The van der Waals surface area contributed by atoms with Crippen LogP contribution in [-0.2, 0) is 15.9 Å². The maximum Gasteiger partial charge on any atom is 0.128 e. The van der Waals surface area contributed by atoms with Crippen molar-refractivity contribution in [2.24, 2.45) is 0 Å². The first-order valence-electron chi connectivity index (χ1n) is 11.1. The van der Waals surface area contributed by atoms with Crippen molar-refractivity contribution < 1.29 is 33.9 Å². The number of methoxy groups -OCH3 is 2. The predicted octanol–water partition coefficient (Wildman–Crippen LogP) is 3.04. The van der Waals surface area contributed by atoms with E-state index in [1.165, 1.54) is 0 Å². The second-order valence-electron chi connectivity index (χ2n) is 8.38. The quantitative estimate of drug-likeness (QED) is 0.647. The first-order valence-corrected chi connectivity index (χ1v) is 11.1. The number of rotatable bonds is 8. The summed E-state index contributed by atoms with van der Waals surface area (Å²) >= 11 is 0. The minimum absolute atomic E-state index is 0.124. The molecule has 0 spiro atoms. The Bertz CT molecular complexity index is 877. The van der Waals surface area contributed by atoms with Crippen molar-refractivity contribution in [1.29, 1.82) is 0 Å². The van der Waals surface area contributed by atoms with E-state index in [-0.39, 0.29) is 18.8 Å². The van der Waals surface area contributed by atoms with Crippen molar-refractivity contribution >= 4 is 0 Å². The van der Waals surface area contributed by atoms with Crippen molar-refractivity contribution in [3.8, 4) is 17.2 Å². The second kappa shape index (κ2) is 10.5. The van der Waals surface area contributed by atoms with E-state index in [4.69, 9.17) is 23.7 Å². The van der Waals surface area contributed by atoms with Gasteiger partial charge in [0.1, 0.15) is 23.4 Å². The Morgan fingerprint density at radius 3 is 2.47 bits per heavy atom. The fourth-order valence-electron chi connectivity index (χ4n) is 4.39. The molecular formula is C25H32O7. The Hall–Kier alpha value is -2.32. The van der Waals surface area contributed by atoms with Crippen LogP contribution in [0.2, 0.25) is 0 Å². The largest absolute Gasteiger partial charge is 0.496 e. The van der Waals surface area contributed by atoms with Crippen molar-refractivity contribution in [1.82, 2.24) is 0 Å². The summed E-state index contributed by atoms with van der Waals surface area (Å²) in [7, 11) is 3.25. The van der Waals surface area contributed by atoms with Crippen LogP contribution in [-0.4, -0.2) is 62.6 Å². The molecule has 2 aliphatic heterocycles. The highest BCUT2D eigenvalue weighted by Gasteiger charge is 2.31. The molecule has 174 valence electrons. The number of hydrogen-bond acceptors (Lipinski definition) is 7. The molecule has 0 bridgehead atoms. The fourth-order valence-corrected chi connectivity index (χ4v) is 4.39. The van der Waals surface area contributed by atoms with Crippen LogP contribution in [0.15, 0.2) is 36.4 Å². The van der Waals surface area contributed by atoms with E-state index in [1.807, 2.05) is 24.3 Å². The lowest BCUT2D eigenvalue weighted by Gasteiger charge is -2.33. The van der Waals surface area contributed by atoms with Gasteiger partial charge in [0.25, 0.3) is 0 Å². The molecule has 4 atom stereocenters. The van der Waals surface area contributed by atoms with Crippen LogP contribution < -0.4 is 14.2 Å². The topological polar surface area (TPSA) is 86.6 Å². The van der Waals surface area contributed by atoms with Crippen molar-refractivity contribution in [2.75, 3.05) is 34.0 Å². The van der Waals surface area contributed by atoms with Gasteiger partial charge in [0.2, 0.25) is 0 Å². The average molecular weight is 445 g/mol. The molecule has 2 fully saturated rings. The van der Waals surface area contributed by atoms with Crippen molar-refractivity contribution in [3.63, 3.8) is 0 Å². The zero-order valence-corrected chi connectivity index (χ0v) is 18.7. The zero-order valence-electron chi connectivity index (χ0n) is 18.7. The van der Waals surface area contributed by atoms with Gasteiger partial charge in [-0.1, -0.05) is 12.1 Å². The molecule has 7 nitrogen and oxygen atoms in total. The van der Waals surface area contributed by atoms with Gasteiger partial charge in [0, 0.05) is 37.3 Å². The van der Waals surface area contributed by atoms with Crippen LogP contribution in [0.4, 0.5) is 0 Å². The lowest BCUT2D eigenvalue weighted by Crippen LogP contribution is -2.33. The minimum atomic E-state index is -0.529. The highest BCUT2D eigenvalue weighted by molar-refractivity contribution is 5.49. The van der Waals surface area contributed by atoms with E-state index in [9.17, 15) is 10.2 Å². The first kappa shape index (κ1) is 22.9. The van der Waals surface area contributed by atoms with Crippen LogP contribution >= 0.6 is 0 Å². The van der Waals surface area contributed by atoms with Gasteiger partial charge < -0.3 is 33.9 Å². The predicted molar refractivity (Wildman–Crippen MR) is 119 cm³/mol. The third-order valence-electron chi connectivity index (χ3n) is 6.07. The molecule has 0 aromatic heterocycles. The average Bonchev–Trinajstić information content (AvgIpc) is 3.32. The Balaban J connectivity index is 1.55. The van der Waals surface area contributed by atoms with E-state index in [1.54, 1.807) is 14.2 Å². The van der Waals surface area contributed by atoms with Crippen LogP contribution in [0, 0.1) is 0 Å². The van der Waals surface area contributed by atoms with Gasteiger partial charge in [-0.25, -0.2) is 0 Å². The molecule has 2 saturated heterocycles. The number of hydrogen-bond donors (Lipinski definition) is 2. The molecule has 7 heteroatoms. The molecule has 0 saturated carbocycles. The van der Waals surface area contributed by atoms with Gasteiger partial charge in [-0.05, 0) is 29.3 Å². The lowest BCUT2D eigenvalue weighted by atomic mass is 9.93. The van der Waals surface area contributed by atoms with E-state index < -0.39 is 12.2 Å². The maximum absolute atomic E-state index is 10.3. The molecule has 2 aliphatic rings.